The fourth-order valence-corrected chi connectivity index (χ4v) is 5.58. The van der Waals surface area contributed by atoms with Gasteiger partial charge in [0.05, 0.1) is 11.9 Å². The van der Waals surface area contributed by atoms with Gasteiger partial charge in [0.2, 0.25) is 21.8 Å². The minimum Gasteiger partial charge on any atom is -0.352 e. The van der Waals surface area contributed by atoms with Gasteiger partial charge in [-0.3, -0.25) is 13.9 Å². The van der Waals surface area contributed by atoms with Gasteiger partial charge >= 0.3 is 0 Å². The van der Waals surface area contributed by atoms with E-state index in [9.17, 15) is 18.0 Å². The van der Waals surface area contributed by atoms with Crippen molar-refractivity contribution in [2.24, 2.45) is 0 Å². The maximum atomic E-state index is 14.0. The highest BCUT2D eigenvalue weighted by Gasteiger charge is 2.34. The zero-order chi connectivity index (χ0) is 28.7. The van der Waals surface area contributed by atoms with Gasteiger partial charge in [-0.1, -0.05) is 77.3 Å². The predicted octanol–water partition coefficient (Wildman–Crippen LogP) is 5.58. The van der Waals surface area contributed by atoms with E-state index in [0.29, 0.717) is 20.6 Å². The predicted molar refractivity (Wildman–Crippen MR) is 158 cm³/mol. The van der Waals surface area contributed by atoms with Crippen LogP contribution >= 0.6 is 34.8 Å². The smallest absolute Gasteiger partial charge is 0.244 e. The Hall–Kier alpha value is -2.78. The van der Waals surface area contributed by atoms with Crippen LogP contribution < -0.4 is 9.62 Å². The normalized spacial score (nSPS) is 12.2. The highest BCUT2D eigenvalue weighted by atomic mass is 35.5. The molecule has 0 unspecified atom stereocenters. The minimum absolute atomic E-state index is 0.118. The summed E-state index contributed by atoms with van der Waals surface area (Å²) in [5, 5.41) is 3.83. The van der Waals surface area contributed by atoms with Crippen molar-refractivity contribution in [2.45, 2.75) is 38.9 Å². The lowest BCUT2D eigenvalue weighted by atomic mass is 10.0. The molecule has 0 aliphatic heterocycles. The van der Waals surface area contributed by atoms with Crippen LogP contribution in [0.5, 0.6) is 0 Å². The molecule has 208 valence electrons. The molecule has 0 aromatic heterocycles. The van der Waals surface area contributed by atoms with Gasteiger partial charge in [-0.15, -0.1) is 0 Å². The summed E-state index contributed by atoms with van der Waals surface area (Å²) < 4.78 is 26.6. The Balaban J connectivity index is 2.10. The molecule has 39 heavy (non-hydrogen) atoms. The van der Waals surface area contributed by atoms with E-state index in [-0.39, 0.29) is 30.6 Å². The van der Waals surface area contributed by atoms with Crippen molar-refractivity contribution in [3.8, 4) is 0 Å². The summed E-state index contributed by atoms with van der Waals surface area (Å²) in [6.07, 6.45) is 1.19. The van der Waals surface area contributed by atoms with Crippen molar-refractivity contribution in [3.63, 3.8) is 0 Å². The number of anilines is 1. The monoisotopic (exact) mass is 609 g/mol. The highest BCUT2D eigenvalue weighted by Crippen LogP contribution is 2.28. The molecule has 1 N–H and O–H groups in total. The third kappa shape index (κ3) is 8.60. The van der Waals surface area contributed by atoms with Gasteiger partial charge in [0.15, 0.2) is 0 Å². The van der Waals surface area contributed by atoms with Crippen LogP contribution in [0.2, 0.25) is 15.1 Å². The van der Waals surface area contributed by atoms with Crippen molar-refractivity contribution < 1.29 is 18.0 Å². The van der Waals surface area contributed by atoms with Gasteiger partial charge < -0.3 is 10.2 Å². The number of hydrogen-bond acceptors (Lipinski definition) is 4. The van der Waals surface area contributed by atoms with Gasteiger partial charge in [0, 0.05) is 39.6 Å². The second kappa shape index (κ2) is 13.5. The lowest BCUT2D eigenvalue weighted by molar-refractivity contribution is -0.140. The van der Waals surface area contributed by atoms with Crippen molar-refractivity contribution >= 4 is 62.3 Å². The first-order valence-corrected chi connectivity index (χ1v) is 15.1. The average molecular weight is 611 g/mol. The van der Waals surface area contributed by atoms with Gasteiger partial charge in [0.1, 0.15) is 12.6 Å². The second-order valence-corrected chi connectivity index (χ2v) is 12.5. The van der Waals surface area contributed by atoms with E-state index in [4.69, 9.17) is 34.8 Å². The van der Waals surface area contributed by atoms with Crippen molar-refractivity contribution in [2.75, 3.05) is 17.1 Å². The van der Waals surface area contributed by atoms with E-state index < -0.39 is 28.5 Å². The largest absolute Gasteiger partial charge is 0.352 e. The highest BCUT2D eigenvalue weighted by molar-refractivity contribution is 7.92. The molecule has 0 saturated heterocycles. The zero-order valence-corrected chi connectivity index (χ0v) is 24.9. The zero-order valence-electron chi connectivity index (χ0n) is 21.8. The number of carbonyl (C=O) groups is 2. The lowest BCUT2D eigenvalue weighted by Crippen LogP contribution is -2.54. The molecule has 0 saturated carbocycles. The van der Waals surface area contributed by atoms with Crippen molar-refractivity contribution in [1.29, 1.82) is 0 Å². The number of carbonyl (C=O) groups excluding carboxylic acids is 2. The molecule has 0 spiro atoms. The van der Waals surface area contributed by atoms with Crippen LogP contribution in [0.15, 0.2) is 72.8 Å². The number of hydrogen-bond donors (Lipinski definition) is 1. The van der Waals surface area contributed by atoms with Crippen LogP contribution in [0.25, 0.3) is 0 Å². The summed E-state index contributed by atoms with van der Waals surface area (Å²) in [6.45, 7) is 2.95. The average Bonchev–Trinajstić information content (AvgIpc) is 2.85. The topological polar surface area (TPSA) is 86.8 Å². The molecule has 3 aromatic carbocycles. The fourth-order valence-electron chi connectivity index (χ4n) is 4.03. The summed E-state index contributed by atoms with van der Waals surface area (Å²) >= 11 is 19.0. The van der Waals surface area contributed by atoms with Crippen LogP contribution in [-0.2, 0) is 32.6 Å². The molecular weight excluding hydrogens is 581 g/mol. The molecule has 11 heteroatoms. The molecule has 7 nitrogen and oxygen atoms in total. The standard InChI is InChI=1S/C28H30Cl3N3O4S/c1-19(2)32-28(36)26(15-20-9-5-4-6-10-20)33(17-23-24(30)13-8-14-25(23)31)27(35)18-34(39(3,37)38)22-12-7-11-21(29)16-22/h4-14,16,19,26H,15,17-18H2,1-3H3,(H,32,36)/t26-/m1/s1. The first-order valence-electron chi connectivity index (χ1n) is 12.2. The lowest BCUT2D eigenvalue weighted by Gasteiger charge is -2.34. The Bertz CT molecular complexity index is 1400. The van der Waals surface area contributed by atoms with Crippen LogP contribution in [0.3, 0.4) is 0 Å². The van der Waals surface area contributed by atoms with Crippen LogP contribution in [0.1, 0.15) is 25.0 Å². The maximum Gasteiger partial charge on any atom is 0.244 e. The van der Waals surface area contributed by atoms with Crippen molar-refractivity contribution in [3.05, 3.63) is 99.0 Å². The Kier molecular flexibility index (Phi) is 10.7. The van der Waals surface area contributed by atoms with E-state index in [2.05, 4.69) is 5.32 Å². The first-order chi connectivity index (χ1) is 18.4. The number of halogens is 3. The number of nitrogens with one attached hydrogen (secondary N) is 1. The molecule has 3 rings (SSSR count). The Morgan fingerprint density at radius 1 is 0.897 bits per heavy atom. The number of amides is 2. The summed E-state index contributed by atoms with van der Waals surface area (Å²) in [4.78, 5) is 28.9. The van der Waals surface area contributed by atoms with Gasteiger partial charge in [-0.25, -0.2) is 8.42 Å². The fraction of sp³-hybridized carbons (Fsp3) is 0.286. The van der Waals surface area contributed by atoms with Crippen LogP contribution in [0, 0.1) is 0 Å². The van der Waals surface area contributed by atoms with Crippen LogP contribution in [0.4, 0.5) is 5.69 Å². The van der Waals surface area contributed by atoms with Gasteiger partial charge in [-0.05, 0) is 49.7 Å². The third-order valence-corrected chi connectivity index (χ3v) is 7.95. The molecule has 0 fully saturated rings. The molecule has 0 aliphatic carbocycles. The number of rotatable bonds is 11. The first kappa shape index (κ1) is 30.8. The van der Waals surface area contributed by atoms with E-state index in [1.165, 1.54) is 11.0 Å². The molecule has 0 radical (unpaired) electrons. The van der Waals surface area contributed by atoms with Gasteiger partial charge in [-0.2, -0.15) is 0 Å². The molecule has 1 atom stereocenters. The maximum absolute atomic E-state index is 14.0. The van der Waals surface area contributed by atoms with Gasteiger partial charge in [0.25, 0.3) is 0 Å². The number of benzene rings is 3. The molecule has 0 aliphatic rings. The van der Waals surface area contributed by atoms with E-state index in [1.807, 2.05) is 44.2 Å². The Morgan fingerprint density at radius 3 is 2.08 bits per heavy atom. The number of nitrogens with zero attached hydrogens (tertiary/aromatic N) is 2. The minimum atomic E-state index is -3.90. The molecule has 2 amide bonds. The molecule has 0 bridgehead atoms. The summed E-state index contributed by atoms with van der Waals surface area (Å²) in [7, 11) is -3.90. The van der Waals surface area contributed by atoms with E-state index >= 15 is 0 Å². The third-order valence-electron chi connectivity index (χ3n) is 5.87. The SMILES string of the molecule is CC(C)NC(=O)[C@@H](Cc1ccccc1)N(Cc1c(Cl)cccc1Cl)C(=O)CN(c1cccc(Cl)c1)S(C)(=O)=O. The van der Waals surface area contributed by atoms with Crippen LogP contribution in [-0.4, -0.2) is 50.0 Å². The second-order valence-electron chi connectivity index (χ2n) is 9.34. The summed E-state index contributed by atoms with van der Waals surface area (Å²) in [5.74, 6) is -1.00. The van der Waals surface area contributed by atoms with Crippen molar-refractivity contribution in [1.82, 2.24) is 10.2 Å². The summed E-state index contributed by atoms with van der Waals surface area (Å²) in [5.41, 5.74) is 1.48. The van der Waals surface area contributed by atoms with E-state index in [1.54, 1.807) is 36.4 Å². The Morgan fingerprint density at radius 2 is 1.51 bits per heavy atom. The molecule has 3 aromatic rings. The van der Waals surface area contributed by atoms with E-state index in [0.717, 1.165) is 16.1 Å². The molecule has 0 heterocycles. The summed E-state index contributed by atoms with van der Waals surface area (Å²) in [6, 6.07) is 19.2. The number of sulfonamides is 1. The quantitative estimate of drug-likeness (QED) is 0.307. The Labute approximate surface area is 244 Å². The molecular formula is C28H30Cl3N3O4S.